The molecule has 0 radical (unpaired) electrons. The molecule has 0 amide bonds. The van der Waals surface area contributed by atoms with Crippen LogP contribution in [0, 0.1) is 0 Å². The zero-order valence-corrected chi connectivity index (χ0v) is 13.9. The van der Waals surface area contributed by atoms with Crippen molar-refractivity contribution in [2.45, 2.75) is 32.6 Å². The summed E-state index contributed by atoms with van der Waals surface area (Å²) in [6.45, 7) is 2.22. The molecule has 2 nitrogen and oxygen atoms in total. The number of esters is 1. The highest BCUT2D eigenvalue weighted by atomic mass is 16.5. The maximum absolute atomic E-state index is 11.5. The Morgan fingerprint density at radius 1 is 0.957 bits per heavy atom. The average molecular weight is 308 g/mol. The first-order chi connectivity index (χ1) is 11.2. The van der Waals surface area contributed by atoms with Crippen molar-refractivity contribution in [1.29, 1.82) is 0 Å². The van der Waals surface area contributed by atoms with Gasteiger partial charge in [0.05, 0.1) is 12.7 Å². The lowest BCUT2D eigenvalue weighted by molar-refractivity contribution is 0.0600. The van der Waals surface area contributed by atoms with Gasteiger partial charge >= 0.3 is 5.97 Å². The van der Waals surface area contributed by atoms with Crippen molar-refractivity contribution < 1.29 is 9.53 Å². The first-order valence-electron chi connectivity index (χ1n) is 8.19. The molecule has 0 spiro atoms. The average Bonchev–Trinajstić information content (AvgIpc) is 2.61. The Hall–Kier alpha value is -2.35. The molecule has 0 bridgehead atoms. The van der Waals surface area contributed by atoms with E-state index < -0.39 is 0 Å². The van der Waals surface area contributed by atoms with Crippen LogP contribution in [0.1, 0.15) is 54.1 Å². The number of unbranched alkanes of at least 4 members (excludes halogenated alkanes) is 2. The minimum atomic E-state index is -0.299. The van der Waals surface area contributed by atoms with Gasteiger partial charge in [0, 0.05) is 0 Å². The van der Waals surface area contributed by atoms with Crippen molar-refractivity contribution >= 4 is 17.6 Å². The third kappa shape index (κ3) is 5.10. The predicted molar refractivity (Wildman–Crippen MR) is 96.2 cm³/mol. The smallest absolute Gasteiger partial charge is 0.337 e. The molecule has 120 valence electrons. The number of ether oxygens (including phenoxy) is 1. The SMILES string of the molecule is CCCCC/C(=C/c1ccc(C(=O)OC)cc1)c1ccccc1. The van der Waals surface area contributed by atoms with Crippen LogP contribution in [0.2, 0.25) is 0 Å². The first-order valence-corrected chi connectivity index (χ1v) is 8.19. The highest BCUT2D eigenvalue weighted by Crippen LogP contribution is 2.24. The Balaban J connectivity index is 2.23. The van der Waals surface area contributed by atoms with Gasteiger partial charge in [-0.3, -0.25) is 0 Å². The zero-order chi connectivity index (χ0) is 16.5. The lowest BCUT2D eigenvalue weighted by Gasteiger charge is -2.08. The summed E-state index contributed by atoms with van der Waals surface area (Å²) < 4.78 is 4.74. The Morgan fingerprint density at radius 2 is 1.65 bits per heavy atom. The van der Waals surface area contributed by atoms with Crippen molar-refractivity contribution in [2.75, 3.05) is 7.11 Å². The molecule has 2 aromatic rings. The number of rotatable bonds is 7. The van der Waals surface area contributed by atoms with E-state index in [1.54, 1.807) is 0 Å². The van der Waals surface area contributed by atoms with Gasteiger partial charge in [0.2, 0.25) is 0 Å². The minimum absolute atomic E-state index is 0.299. The van der Waals surface area contributed by atoms with Crippen LogP contribution < -0.4 is 0 Å². The summed E-state index contributed by atoms with van der Waals surface area (Å²) in [5.74, 6) is -0.299. The second-order valence-electron chi connectivity index (χ2n) is 5.61. The van der Waals surface area contributed by atoms with Crippen LogP contribution in [-0.2, 0) is 4.74 Å². The molecule has 2 heteroatoms. The summed E-state index contributed by atoms with van der Waals surface area (Å²) in [7, 11) is 1.40. The van der Waals surface area contributed by atoms with E-state index in [1.165, 1.54) is 37.5 Å². The fourth-order valence-corrected chi connectivity index (χ4v) is 2.55. The van der Waals surface area contributed by atoms with Crippen molar-refractivity contribution in [3.8, 4) is 0 Å². The van der Waals surface area contributed by atoms with Crippen LogP contribution in [0.25, 0.3) is 11.6 Å². The highest BCUT2D eigenvalue weighted by molar-refractivity contribution is 5.90. The van der Waals surface area contributed by atoms with Gasteiger partial charge in [-0.2, -0.15) is 0 Å². The molecule has 2 rings (SSSR count). The van der Waals surface area contributed by atoms with Gasteiger partial charge in [-0.1, -0.05) is 68.3 Å². The van der Waals surface area contributed by atoms with Crippen LogP contribution in [0.4, 0.5) is 0 Å². The minimum Gasteiger partial charge on any atom is -0.465 e. The first kappa shape index (κ1) is 17.0. The van der Waals surface area contributed by atoms with Gasteiger partial charge in [0.25, 0.3) is 0 Å². The summed E-state index contributed by atoms with van der Waals surface area (Å²) in [5.41, 5.74) is 4.29. The molecule has 0 atom stereocenters. The van der Waals surface area contributed by atoms with Gasteiger partial charge in [0.1, 0.15) is 0 Å². The lowest BCUT2D eigenvalue weighted by Crippen LogP contribution is -2.00. The van der Waals surface area contributed by atoms with E-state index in [1.807, 2.05) is 30.3 Å². The van der Waals surface area contributed by atoms with Gasteiger partial charge in [-0.25, -0.2) is 4.79 Å². The molecule has 0 unspecified atom stereocenters. The van der Waals surface area contributed by atoms with E-state index in [-0.39, 0.29) is 5.97 Å². The van der Waals surface area contributed by atoms with E-state index in [2.05, 4.69) is 37.3 Å². The molecule has 23 heavy (non-hydrogen) atoms. The molecule has 0 fully saturated rings. The van der Waals surface area contributed by atoms with Gasteiger partial charge in [0.15, 0.2) is 0 Å². The van der Waals surface area contributed by atoms with E-state index in [9.17, 15) is 4.79 Å². The third-order valence-electron chi connectivity index (χ3n) is 3.87. The Kier molecular flexibility index (Phi) is 6.61. The maximum Gasteiger partial charge on any atom is 0.337 e. The topological polar surface area (TPSA) is 26.3 Å². The maximum atomic E-state index is 11.5. The van der Waals surface area contributed by atoms with E-state index in [4.69, 9.17) is 4.74 Å². The third-order valence-corrected chi connectivity index (χ3v) is 3.87. The Labute approximate surface area is 138 Å². The number of allylic oxidation sites excluding steroid dienone is 1. The standard InChI is InChI=1S/C21H24O2/c1-3-4-6-11-20(18-9-7-5-8-10-18)16-17-12-14-19(15-13-17)21(22)23-2/h5,7-10,12-16H,3-4,6,11H2,1-2H3/b20-16-. The highest BCUT2D eigenvalue weighted by Gasteiger charge is 2.05. The number of carbonyl (C=O) groups is 1. The van der Waals surface area contributed by atoms with Crippen molar-refractivity contribution in [1.82, 2.24) is 0 Å². The summed E-state index contributed by atoms with van der Waals surface area (Å²) in [5, 5.41) is 0. The molecule has 0 saturated heterocycles. The quantitative estimate of drug-likeness (QED) is 0.378. The van der Waals surface area contributed by atoms with Crippen molar-refractivity contribution in [2.24, 2.45) is 0 Å². The molecular weight excluding hydrogens is 284 g/mol. The number of hydrogen-bond donors (Lipinski definition) is 0. The van der Waals surface area contributed by atoms with E-state index >= 15 is 0 Å². The number of benzene rings is 2. The molecule has 0 heterocycles. The van der Waals surface area contributed by atoms with Crippen LogP contribution in [0.3, 0.4) is 0 Å². The van der Waals surface area contributed by atoms with E-state index in [0.717, 1.165) is 12.0 Å². The summed E-state index contributed by atoms with van der Waals surface area (Å²) >= 11 is 0. The number of hydrogen-bond acceptors (Lipinski definition) is 2. The van der Waals surface area contributed by atoms with Crippen LogP contribution in [-0.4, -0.2) is 13.1 Å². The second kappa shape index (κ2) is 8.94. The Morgan fingerprint density at radius 3 is 2.26 bits per heavy atom. The predicted octanol–water partition coefficient (Wildman–Crippen LogP) is 5.59. The zero-order valence-electron chi connectivity index (χ0n) is 13.9. The monoisotopic (exact) mass is 308 g/mol. The van der Waals surface area contributed by atoms with Crippen molar-refractivity contribution in [3.05, 3.63) is 71.3 Å². The fourth-order valence-electron chi connectivity index (χ4n) is 2.55. The molecule has 0 aliphatic rings. The molecule has 0 aliphatic heterocycles. The number of carbonyl (C=O) groups excluding carboxylic acids is 1. The molecule has 0 saturated carbocycles. The van der Waals surface area contributed by atoms with E-state index in [0.29, 0.717) is 5.56 Å². The van der Waals surface area contributed by atoms with Crippen LogP contribution in [0.15, 0.2) is 54.6 Å². The summed E-state index contributed by atoms with van der Waals surface area (Å²) in [6, 6.07) is 18.1. The second-order valence-corrected chi connectivity index (χ2v) is 5.61. The van der Waals surface area contributed by atoms with Gasteiger partial charge in [-0.15, -0.1) is 0 Å². The largest absolute Gasteiger partial charge is 0.465 e. The summed E-state index contributed by atoms with van der Waals surface area (Å²) in [6.07, 6.45) is 6.93. The lowest BCUT2D eigenvalue weighted by atomic mass is 9.97. The summed E-state index contributed by atoms with van der Waals surface area (Å²) in [4.78, 5) is 11.5. The molecule has 0 aromatic heterocycles. The van der Waals surface area contributed by atoms with Crippen molar-refractivity contribution in [3.63, 3.8) is 0 Å². The van der Waals surface area contributed by atoms with Gasteiger partial charge < -0.3 is 4.74 Å². The molecule has 0 aliphatic carbocycles. The van der Waals surface area contributed by atoms with Crippen LogP contribution in [0.5, 0.6) is 0 Å². The fraction of sp³-hybridized carbons (Fsp3) is 0.286. The van der Waals surface area contributed by atoms with Gasteiger partial charge in [-0.05, 0) is 41.7 Å². The van der Waals surface area contributed by atoms with Crippen LogP contribution >= 0.6 is 0 Å². The molecule has 2 aromatic carbocycles. The molecule has 0 N–H and O–H groups in total. The molecular formula is C21H24O2. The number of methoxy groups -OCH3 is 1. The normalized spacial score (nSPS) is 11.3. The Bertz CT molecular complexity index is 639.